The summed E-state index contributed by atoms with van der Waals surface area (Å²) < 4.78 is 0. The van der Waals surface area contributed by atoms with Gasteiger partial charge in [-0.05, 0) is 6.42 Å². The Morgan fingerprint density at radius 3 is 2.71 bits per heavy atom. The van der Waals surface area contributed by atoms with Gasteiger partial charge in [0.05, 0.1) is 0 Å². The highest BCUT2D eigenvalue weighted by Gasteiger charge is 2.07. The van der Waals surface area contributed by atoms with Gasteiger partial charge in [0.25, 0.3) is 5.91 Å². The van der Waals surface area contributed by atoms with Crippen molar-refractivity contribution in [2.45, 2.75) is 13.3 Å². The number of amides is 2. The fraction of sp³-hybridized carbons (Fsp3) is 0.429. The van der Waals surface area contributed by atoms with Crippen molar-refractivity contribution in [3.05, 3.63) is 0 Å². The van der Waals surface area contributed by atoms with Gasteiger partial charge in [-0.3, -0.25) is 9.63 Å². The number of rotatable bonds is 4. The largest absolute Gasteiger partial charge is 0.433 e. The fourth-order valence-corrected chi connectivity index (χ4v) is 0.467. The fourth-order valence-electron chi connectivity index (χ4n) is 0.467. The maximum Gasteiger partial charge on any atom is 0.433 e. The first kappa shape index (κ1) is 11.9. The molecule has 2 amide bonds. The van der Waals surface area contributed by atoms with Crippen molar-refractivity contribution in [2.75, 3.05) is 6.54 Å². The zero-order chi connectivity index (χ0) is 11.0. The number of nitrogens with zero attached hydrogens (tertiary/aromatic N) is 2. The van der Waals surface area contributed by atoms with Crippen LogP contribution in [0.25, 0.3) is 0 Å². The van der Waals surface area contributed by atoms with E-state index in [-0.39, 0.29) is 0 Å². The van der Waals surface area contributed by atoms with Crippen molar-refractivity contribution < 1.29 is 14.4 Å². The third kappa shape index (κ3) is 4.71. The first-order valence-corrected chi connectivity index (χ1v) is 3.84. The van der Waals surface area contributed by atoms with E-state index in [0.717, 1.165) is 6.42 Å². The van der Waals surface area contributed by atoms with E-state index < -0.39 is 17.7 Å². The predicted octanol–water partition coefficient (Wildman–Crippen LogP) is -0.513. The van der Waals surface area contributed by atoms with Gasteiger partial charge in [-0.15, -0.1) is 0 Å². The molecule has 0 atom stereocenters. The number of nitrogens with two attached hydrogens (primary N) is 1. The van der Waals surface area contributed by atoms with Crippen LogP contribution in [0.5, 0.6) is 0 Å². The zero-order valence-corrected chi connectivity index (χ0v) is 7.61. The Balaban J connectivity index is 4.07. The molecule has 14 heavy (non-hydrogen) atoms. The number of nitriles is 1. The molecule has 0 saturated heterocycles. The van der Waals surface area contributed by atoms with E-state index in [1.54, 1.807) is 0 Å². The summed E-state index contributed by atoms with van der Waals surface area (Å²) >= 11 is 0. The van der Waals surface area contributed by atoms with Gasteiger partial charge in [-0.1, -0.05) is 12.1 Å². The zero-order valence-electron chi connectivity index (χ0n) is 7.61. The maximum absolute atomic E-state index is 10.7. The van der Waals surface area contributed by atoms with Gasteiger partial charge in [0.1, 0.15) is 6.07 Å². The van der Waals surface area contributed by atoms with Gasteiger partial charge in [0, 0.05) is 6.54 Å². The summed E-state index contributed by atoms with van der Waals surface area (Å²) in [5.41, 5.74) is 4.07. The molecule has 76 valence electrons. The summed E-state index contributed by atoms with van der Waals surface area (Å²) in [5, 5.41) is 13.6. The number of oxime groups is 1. The summed E-state index contributed by atoms with van der Waals surface area (Å²) in [6.07, 6.45) is -0.0967. The van der Waals surface area contributed by atoms with Gasteiger partial charge in [0.15, 0.2) is 0 Å². The molecule has 0 fully saturated rings. The van der Waals surface area contributed by atoms with Gasteiger partial charge in [-0.25, -0.2) is 4.79 Å². The quantitative estimate of drug-likeness (QED) is 0.359. The molecule has 7 nitrogen and oxygen atoms in total. The molecule has 0 aliphatic rings. The molecule has 7 heteroatoms. The Morgan fingerprint density at radius 1 is 1.64 bits per heavy atom. The molecular weight excluding hydrogens is 188 g/mol. The average molecular weight is 198 g/mol. The van der Waals surface area contributed by atoms with Crippen LogP contribution < -0.4 is 11.1 Å². The molecule has 0 radical (unpaired) electrons. The monoisotopic (exact) mass is 198 g/mol. The molecule has 0 aliphatic heterocycles. The molecule has 0 spiro atoms. The van der Waals surface area contributed by atoms with Gasteiger partial charge < -0.3 is 11.1 Å². The lowest BCUT2D eigenvalue weighted by atomic mass is 10.4. The molecule has 3 N–H and O–H groups in total. The van der Waals surface area contributed by atoms with Gasteiger partial charge >= 0.3 is 6.09 Å². The highest BCUT2D eigenvalue weighted by Crippen LogP contribution is 1.83. The normalized spacial score (nSPS) is 10.1. The average Bonchev–Trinajstić information content (AvgIpc) is 2.15. The van der Waals surface area contributed by atoms with Crippen molar-refractivity contribution in [3.63, 3.8) is 0 Å². The summed E-state index contributed by atoms with van der Waals surface area (Å²) in [4.78, 5) is 25.3. The SMILES string of the molecule is CCCNC(=O)ON=C(C#N)C(N)=O. The van der Waals surface area contributed by atoms with Crippen molar-refractivity contribution in [3.8, 4) is 6.07 Å². The molecule has 0 bridgehead atoms. The Labute approximate surface area is 80.5 Å². The lowest BCUT2D eigenvalue weighted by Gasteiger charge is -1.98. The predicted molar refractivity (Wildman–Crippen MR) is 47.0 cm³/mol. The summed E-state index contributed by atoms with van der Waals surface area (Å²) in [5.74, 6) is -1.05. The molecule has 0 rings (SSSR count). The summed E-state index contributed by atoms with van der Waals surface area (Å²) in [7, 11) is 0. The molecule has 0 aliphatic carbocycles. The second-order valence-electron chi connectivity index (χ2n) is 2.22. The smallest absolute Gasteiger partial charge is 0.364 e. The van der Waals surface area contributed by atoms with Crippen LogP contribution in [-0.4, -0.2) is 24.3 Å². The van der Waals surface area contributed by atoms with E-state index in [1.807, 2.05) is 6.92 Å². The second-order valence-corrected chi connectivity index (χ2v) is 2.22. The topological polar surface area (TPSA) is 118 Å². The van der Waals surface area contributed by atoms with E-state index in [4.69, 9.17) is 11.0 Å². The van der Waals surface area contributed by atoms with Crippen LogP contribution in [0.15, 0.2) is 5.16 Å². The lowest BCUT2D eigenvalue weighted by Crippen LogP contribution is -2.26. The molecule has 0 unspecified atom stereocenters. The van der Waals surface area contributed by atoms with Crippen LogP contribution in [0.1, 0.15) is 13.3 Å². The van der Waals surface area contributed by atoms with Crippen LogP contribution in [0.2, 0.25) is 0 Å². The highest BCUT2D eigenvalue weighted by atomic mass is 16.7. The molecule has 0 aromatic rings. The van der Waals surface area contributed by atoms with Crippen molar-refractivity contribution in [1.29, 1.82) is 5.26 Å². The Kier molecular flexibility index (Phi) is 5.46. The Hall–Kier alpha value is -2.10. The molecule has 0 saturated carbocycles. The van der Waals surface area contributed by atoms with E-state index >= 15 is 0 Å². The number of hydrogen-bond acceptors (Lipinski definition) is 5. The van der Waals surface area contributed by atoms with Crippen LogP contribution in [0, 0.1) is 11.3 Å². The minimum atomic E-state index is -1.05. The number of nitrogens with one attached hydrogen (secondary N) is 1. The van der Waals surface area contributed by atoms with E-state index in [2.05, 4.69) is 15.3 Å². The Morgan fingerprint density at radius 2 is 2.29 bits per heavy atom. The maximum atomic E-state index is 10.7. The van der Waals surface area contributed by atoms with Crippen molar-refractivity contribution in [2.24, 2.45) is 10.9 Å². The van der Waals surface area contributed by atoms with E-state index in [1.165, 1.54) is 6.07 Å². The minimum Gasteiger partial charge on any atom is -0.364 e. The van der Waals surface area contributed by atoms with Crippen molar-refractivity contribution in [1.82, 2.24) is 5.32 Å². The van der Waals surface area contributed by atoms with Gasteiger partial charge in [0.2, 0.25) is 5.71 Å². The van der Waals surface area contributed by atoms with Crippen LogP contribution in [-0.2, 0) is 9.63 Å². The molecule has 0 heterocycles. The van der Waals surface area contributed by atoms with E-state index in [0.29, 0.717) is 6.54 Å². The van der Waals surface area contributed by atoms with Gasteiger partial charge in [-0.2, -0.15) is 5.26 Å². The first-order valence-electron chi connectivity index (χ1n) is 3.84. The van der Waals surface area contributed by atoms with Crippen LogP contribution >= 0.6 is 0 Å². The number of carbonyl (C=O) groups is 2. The second kappa shape index (κ2) is 6.42. The third-order valence-corrected chi connectivity index (χ3v) is 1.08. The molecular formula is C7H10N4O3. The summed E-state index contributed by atoms with van der Waals surface area (Å²) in [6, 6.07) is 1.38. The lowest BCUT2D eigenvalue weighted by molar-refractivity contribution is -0.112. The Bertz CT molecular complexity index is 292. The van der Waals surface area contributed by atoms with Crippen LogP contribution in [0.4, 0.5) is 4.79 Å². The van der Waals surface area contributed by atoms with Crippen molar-refractivity contribution >= 4 is 17.7 Å². The minimum absolute atomic E-state index is 0.423. The highest BCUT2D eigenvalue weighted by molar-refractivity contribution is 6.44. The molecule has 0 aromatic carbocycles. The molecule has 0 aromatic heterocycles. The summed E-state index contributed by atoms with van der Waals surface area (Å²) in [6.45, 7) is 2.28. The third-order valence-electron chi connectivity index (χ3n) is 1.08. The number of carbonyl (C=O) groups excluding carboxylic acids is 2. The number of primary amides is 1. The first-order chi connectivity index (χ1) is 6.61. The van der Waals surface area contributed by atoms with E-state index in [9.17, 15) is 9.59 Å². The standard InChI is InChI=1S/C7H10N4O3/c1-2-3-10-7(13)14-11-5(4-8)6(9)12/h2-3H2,1H3,(H2,9,12)(H,10,13). The number of hydrogen-bond donors (Lipinski definition) is 2. The van der Waals surface area contributed by atoms with Crippen LogP contribution in [0.3, 0.4) is 0 Å².